The van der Waals surface area contributed by atoms with Crippen LogP contribution in [-0.2, 0) is 6.54 Å². The van der Waals surface area contributed by atoms with Crippen molar-refractivity contribution in [2.45, 2.75) is 12.9 Å². The molecule has 2 aromatic rings. The van der Waals surface area contributed by atoms with E-state index in [4.69, 9.17) is 10.5 Å². The number of likely N-dealkylation sites (N-methyl/N-ethyl adjacent to an activating group) is 1. The van der Waals surface area contributed by atoms with Crippen LogP contribution >= 0.6 is 24.0 Å². The monoisotopic (exact) mass is 524 g/mol. The highest BCUT2D eigenvalue weighted by atomic mass is 127. The Hall–Kier alpha value is -2.21. The van der Waals surface area contributed by atoms with E-state index < -0.39 is 6.36 Å². The molecular weight excluding hydrogens is 500 g/mol. The van der Waals surface area contributed by atoms with Crippen molar-refractivity contribution in [2.24, 2.45) is 10.7 Å². The fourth-order valence-corrected chi connectivity index (χ4v) is 2.22. The summed E-state index contributed by atoms with van der Waals surface area (Å²) in [5, 5.41) is 2.63. The zero-order valence-corrected chi connectivity index (χ0v) is 18.4. The van der Waals surface area contributed by atoms with Gasteiger partial charge in [0.25, 0.3) is 0 Å². The summed E-state index contributed by atoms with van der Waals surface area (Å²) in [6.07, 6.45) is -4.79. The van der Waals surface area contributed by atoms with E-state index in [0.29, 0.717) is 12.4 Å². The summed E-state index contributed by atoms with van der Waals surface area (Å²) >= 11 is 0. The Morgan fingerprint density at radius 1 is 1.14 bits per heavy atom. The molecule has 2 rings (SSSR count). The number of ether oxygens (including phenoxy) is 2. The largest absolute Gasteiger partial charge is 0.573 e. The van der Waals surface area contributed by atoms with Crippen LogP contribution in [0.1, 0.15) is 5.56 Å². The first kappa shape index (κ1) is 24.8. The lowest BCUT2D eigenvalue weighted by Crippen LogP contribution is -2.24. The van der Waals surface area contributed by atoms with E-state index in [9.17, 15) is 13.2 Å². The molecule has 0 bridgehead atoms. The van der Waals surface area contributed by atoms with Crippen LogP contribution in [0.3, 0.4) is 0 Å². The van der Waals surface area contributed by atoms with Gasteiger partial charge in [-0.25, -0.2) is 4.99 Å². The van der Waals surface area contributed by atoms with Gasteiger partial charge in [0.15, 0.2) is 11.7 Å². The SMILES string of the molecule is CN(C)CCOc1cccc(CN=C(N)Nc2ccccc2OC(F)(F)F)c1.I. The van der Waals surface area contributed by atoms with Crippen molar-refractivity contribution in [3.63, 3.8) is 0 Å². The Morgan fingerprint density at radius 2 is 1.86 bits per heavy atom. The molecule has 0 saturated heterocycles. The highest BCUT2D eigenvalue weighted by molar-refractivity contribution is 14.0. The Morgan fingerprint density at radius 3 is 2.55 bits per heavy atom. The average Bonchev–Trinajstić information content (AvgIpc) is 2.60. The molecule has 0 unspecified atom stereocenters. The molecule has 0 saturated carbocycles. The molecule has 3 N–H and O–H groups in total. The van der Waals surface area contributed by atoms with Crippen LogP contribution in [0.4, 0.5) is 18.9 Å². The van der Waals surface area contributed by atoms with E-state index in [0.717, 1.165) is 12.1 Å². The van der Waals surface area contributed by atoms with Gasteiger partial charge < -0.3 is 25.4 Å². The van der Waals surface area contributed by atoms with Gasteiger partial charge in [-0.3, -0.25) is 0 Å². The molecule has 0 heterocycles. The standard InChI is InChI=1S/C19H23F3N4O2.HI/c1-26(2)10-11-27-15-7-5-6-14(12-15)13-24-18(23)25-16-8-3-4-9-17(16)28-19(20,21)22;/h3-9,12H,10-11,13H2,1-2H3,(H3,23,24,25);1H. The number of nitrogens with two attached hydrogens (primary N) is 1. The summed E-state index contributed by atoms with van der Waals surface area (Å²) in [7, 11) is 3.92. The van der Waals surface area contributed by atoms with E-state index in [-0.39, 0.29) is 47.9 Å². The quantitative estimate of drug-likeness (QED) is 0.310. The van der Waals surface area contributed by atoms with Gasteiger partial charge in [0.1, 0.15) is 12.4 Å². The summed E-state index contributed by atoms with van der Waals surface area (Å²) in [6, 6.07) is 13.0. The summed E-state index contributed by atoms with van der Waals surface area (Å²) in [4.78, 5) is 6.17. The Balaban J connectivity index is 0.00000420. The highest BCUT2D eigenvalue weighted by Crippen LogP contribution is 2.29. The van der Waals surface area contributed by atoms with Crippen molar-refractivity contribution >= 4 is 35.6 Å². The third-order valence-corrected chi connectivity index (χ3v) is 3.51. The summed E-state index contributed by atoms with van der Waals surface area (Å²) in [5.74, 6) is 0.298. The number of hydrogen-bond donors (Lipinski definition) is 2. The van der Waals surface area contributed by atoms with E-state index >= 15 is 0 Å². The first-order valence-corrected chi connectivity index (χ1v) is 8.51. The number of hydrogen-bond acceptors (Lipinski definition) is 4. The van der Waals surface area contributed by atoms with Crippen LogP contribution in [0.25, 0.3) is 0 Å². The molecule has 10 heteroatoms. The normalized spacial score (nSPS) is 11.7. The predicted octanol–water partition coefficient (Wildman–Crippen LogP) is 4.07. The van der Waals surface area contributed by atoms with Gasteiger partial charge in [-0.15, -0.1) is 37.1 Å². The number of halogens is 4. The van der Waals surface area contributed by atoms with Crippen molar-refractivity contribution in [1.29, 1.82) is 0 Å². The van der Waals surface area contributed by atoms with Crippen LogP contribution in [0, 0.1) is 0 Å². The van der Waals surface area contributed by atoms with Crippen LogP contribution in [0.5, 0.6) is 11.5 Å². The van der Waals surface area contributed by atoms with Crippen molar-refractivity contribution in [3.05, 3.63) is 54.1 Å². The molecule has 2 aromatic carbocycles. The van der Waals surface area contributed by atoms with Crippen molar-refractivity contribution < 1.29 is 22.6 Å². The molecule has 29 heavy (non-hydrogen) atoms. The lowest BCUT2D eigenvalue weighted by molar-refractivity contribution is -0.274. The van der Waals surface area contributed by atoms with Crippen molar-refractivity contribution in [2.75, 3.05) is 32.6 Å². The minimum Gasteiger partial charge on any atom is -0.492 e. The van der Waals surface area contributed by atoms with Gasteiger partial charge in [0.2, 0.25) is 0 Å². The summed E-state index contributed by atoms with van der Waals surface area (Å²) in [6.45, 7) is 1.59. The number of nitrogens with zero attached hydrogens (tertiary/aromatic N) is 2. The van der Waals surface area contributed by atoms with Crippen LogP contribution < -0.4 is 20.5 Å². The maximum Gasteiger partial charge on any atom is 0.573 e. The van der Waals surface area contributed by atoms with Gasteiger partial charge in [0, 0.05) is 6.54 Å². The summed E-state index contributed by atoms with van der Waals surface area (Å²) < 4.78 is 47.1. The first-order chi connectivity index (χ1) is 13.2. The number of guanidine groups is 1. The zero-order valence-electron chi connectivity index (χ0n) is 16.1. The molecule has 6 nitrogen and oxygen atoms in total. The second-order valence-corrected chi connectivity index (χ2v) is 6.17. The van der Waals surface area contributed by atoms with Gasteiger partial charge >= 0.3 is 6.36 Å². The van der Waals surface area contributed by atoms with Gasteiger partial charge in [-0.2, -0.15) is 0 Å². The van der Waals surface area contributed by atoms with E-state index in [1.165, 1.54) is 18.2 Å². The Labute approximate surface area is 184 Å². The number of rotatable bonds is 8. The minimum absolute atomic E-state index is 0. The molecule has 0 aromatic heterocycles. The lowest BCUT2D eigenvalue weighted by Gasteiger charge is -2.14. The number of nitrogens with one attached hydrogen (secondary N) is 1. The molecule has 0 fully saturated rings. The smallest absolute Gasteiger partial charge is 0.492 e. The molecule has 0 atom stereocenters. The minimum atomic E-state index is -4.79. The fourth-order valence-electron chi connectivity index (χ4n) is 2.22. The average molecular weight is 524 g/mol. The first-order valence-electron chi connectivity index (χ1n) is 8.51. The Bertz CT molecular complexity index is 801. The topological polar surface area (TPSA) is 72.1 Å². The van der Waals surface area contributed by atoms with E-state index in [1.807, 2.05) is 43.3 Å². The maximum absolute atomic E-state index is 12.5. The second kappa shape index (κ2) is 11.7. The second-order valence-electron chi connectivity index (χ2n) is 6.17. The van der Waals surface area contributed by atoms with E-state index in [1.54, 1.807) is 6.07 Å². The molecule has 0 radical (unpaired) electrons. The molecular formula is C19H24F3IN4O2. The summed E-state index contributed by atoms with van der Waals surface area (Å²) in [5.41, 5.74) is 6.73. The third kappa shape index (κ3) is 9.70. The number of alkyl halides is 3. The Kier molecular flexibility index (Phi) is 10.0. The van der Waals surface area contributed by atoms with Crippen LogP contribution in [-0.4, -0.2) is 44.5 Å². The zero-order chi connectivity index (χ0) is 20.6. The van der Waals surface area contributed by atoms with Gasteiger partial charge in [-0.1, -0.05) is 24.3 Å². The molecule has 0 aliphatic heterocycles. The lowest BCUT2D eigenvalue weighted by atomic mass is 10.2. The number of benzene rings is 2. The van der Waals surface area contributed by atoms with Crippen LogP contribution in [0.2, 0.25) is 0 Å². The van der Waals surface area contributed by atoms with Gasteiger partial charge in [0.05, 0.1) is 12.2 Å². The van der Waals surface area contributed by atoms with Crippen molar-refractivity contribution in [1.82, 2.24) is 4.90 Å². The highest BCUT2D eigenvalue weighted by Gasteiger charge is 2.32. The van der Waals surface area contributed by atoms with Gasteiger partial charge in [-0.05, 0) is 43.9 Å². The fraction of sp³-hybridized carbons (Fsp3) is 0.316. The van der Waals surface area contributed by atoms with E-state index in [2.05, 4.69) is 15.0 Å². The third-order valence-electron chi connectivity index (χ3n) is 3.51. The molecule has 0 aliphatic rings. The molecule has 0 amide bonds. The number of para-hydroxylation sites is 2. The molecule has 0 aliphatic carbocycles. The number of aliphatic imine (C=N–C) groups is 1. The molecule has 160 valence electrons. The number of anilines is 1. The van der Waals surface area contributed by atoms with Crippen molar-refractivity contribution in [3.8, 4) is 11.5 Å². The molecule has 0 spiro atoms. The van der Waals surface area contributed by atoms with Crippen LogP contribution in [0.15, 0.2) is 53.5 Å². The maximum atomic E-state index is 12.5. The predicted molar refractivity (Wildman–Crippen MR) is 118 cm³/mol.